The number of ether oxygens (including phenoxy) is 2. The van der Waals surface area contributed by atoms with E-state index in [0.717, 1.165) is 36.8 Å². The van der Waals surface area contributed by atoms with E-state index in [2.05, 4.69) is 24.8 Å². The molecule has 2 aliphatic heterocycles. The number of methoxy groups -OCH3 is 1. The molecule has 1 unspecified atom stereocenters. The van der Waals surface area contributed by atoms with Crippen molar-refractivity contribution in [2.45, 2.75) is 12.6 Å². The minimum absolute atomic E-state index is 0.166. The van der Waals surface area contributed by atoms with E-state index in [0.29, 0.717) is 33.7 Å². The van der Waals surface area contributed by atoms with Gasteiger partial charge in [-0.3, -0.25) is 14.3 Å². The quantitative estimate of drug-likeness (QED) is 0.453. The lowest BCUT2D eigenvalue weighted by atomic mass is 10.1. The number of rotatable bonds is 4. The number of halogens is 1. The molecular formula is C22H21ClN6O4S. The Labute approximate surface area is 202 Å². The van der Waals surface area contributed by atoms with E-state index in [1.165, 1.54) is 22.1 Å². The van der Waals surface area contributed by atoms with Crippen LogP contribution >= 0.6 is 22.9 Å². The fraction of sp³-hybridized carbons (Fsp3) is 0.364. The largest absolute Gasteiger partial charge is 0.494 e. The van der Waals surface area contributed by atoms with Gasteiger partial charge in [0.05, 0.1) is 24.9 Å². The third kappa shape index (κ3) is 3.42. The van der Waals surface area contributed by atoms with E-state index in [9.17, 15) is 9.59 Å². The molecule has 1 aromatic carbocycles. The Kier molecular flexibility index (Phi) is 5.19. The number of nitrogens with zero attached hydrogens (tertiary/aromatic N) is 5. The van der Waals surface area contributed by atoms with Crippen LogP contribution in [0, 0.1) is 0 Å². The molecule has 12 heteroatoms. The molecule has 0 bridgehead atoms. The number of aromatic amines is 1. The van der Waals surface area contributed by atoms with Gasteiger partial charge < -0.3 is 19.4 Å². The number of piperazine rings is 1. The Morgan fingerprint density at radius 2 is 2.18 bits per heavy atom. The van der Waals surface area contributed by atoms with Crippen LogP contribution in [0.2, 0.25) is 5.15 Å². The Morgan fingerprint density at radius 3 is 3.03 bits per heavy atom. The standard InChI is InChI=1S/C22H21ClN6O4S/c1-32-13-3-2-4-14-18(13)28-7-5-27(10-12(28)11-33-14)6-8-29-21(30)19-16(26-22(29)31)17-20(34-19)24-9-15(23)25-17/h2-4,9,12H,5-8,10-11H2,1H3,(H,26,31). The van der Waals surface area contributed by atoms with Crippen LogP contribution in [0.3, 0.4) is 0 Å². The van der Waals surface area contributed by atoms with Crippen LogP contribution in [0.4, 0.5) is 5.69 Å². The van der Waals surface area contributed by atoms with Crippen LogP contribution in [0.25, 0.3) is 20.6 Å². The zero-order chi connectivity index (χ0) is 23.4. The van der Waals surface area contributed by atoms with Crippen molar-refractivity contribution in [1.82, 2.24) is 24.4 Å². The van der Waals surface area contributed by atoms with E-state index < -0.39 is 5.69 Å². The molecular weight excluding hydrogens is 480 g/mol. The van der Waals surface area contributed by atoms with Crippen LogP contribution in [-0.2, 0) is 6.54 Å². The van der Waals surface area contributed by atoms with Crippen molar-refractivity contribution in [2.75, 3.05) is 44.8 Å². The summed E-state index contributed by atoms with van der Waals surface area (Å²) in [7, 11) is 1.67. The van der Waals surface area contributed by atoms with Crippen LogP contribution in [0.15, 0.2) is 34.0 Å². The Hall–Kier alpha value is -3.15. The highest BCUT2D eigenvalue weighted by atomic mass is 35.5. The number of hydrogen-bond acceptors (Lipinski definition) is 9. The predicted octanol–water partition coefficient (Wildman–Crippen LogP) is 1.94. The molecule has 2 aliphatic rings. The minimum atomic E-state index is -0.461. The number of nitrogens with one attached hydrogen (secondary N) is 1. The summed E-state index contributed by atoms with van der Waals surface area (Å²) < 4.78 is 13.2. The summed E-state index contributed by atoms with van der Waals surface area (Å²) in [5, 5.41) is 0.211. The van der Waals surface area contributed by atoms with Crippen molar-refractivity contribution in [3.05, 3.63) is 50.4 Å². The second-order valence-electron chi connectivity index (χ2n) is 8.31. The van der Waals surface area contributed by atoms with Crippen molar-refractivity contribution in [2.24, 2.45) is 0 Å². The second-order valence-corrected chi connectivity index (χ2v) is 9.69. The molecule has 1 saturated heterocycles. The topological polar surface area (TPSA) is 106 Å². The first-order chi connectivity index (χ1) is 16.5. The molecule has 0 aliphatic carbocycles. The van der Waals surface area contributed by atoms with Gasteiger partial charge in [-0.15, -0.1) is 11.3 Å². The van der Waals surface area contributed by atoms with E-state index in [-0.39, 0.29) is 23.3 Å². The summed E-state index contributed by atoms with van der Waals surface area (Å²) in [4.78, 5) is 42.3. The highest BCUT2D eigenvalue weighted by Gasteiger charge is 2.34. The van der Waals surface area contributed by atoms with Gasteiger partial charge in [0.1, 0.15) is 44.0 Å². The van der Waals surface area contributed by atoms with E-state index in [4.69, 9.17) is 21.1 Å². The monoisotopic (exact) mass is 500 g/mol. The van der Waals surface area contributed by atoms with Crippen LogP contribution < -0.4 is 25.6 Å². The summed E-state index contributed by atoms with van der Waals surface area (Å²) >= 11 is 7.16. The average Bonchev–Trinajstić information content (AvgIpc) is 3.21. The van der Waals surface area contributed by atoms with Crippen molar-refractivity contribution < 1.29 is 9.47 Å². The van der Waals surface area contributed by atoms with Gasteiger partial charge in [0.15, 0.2) is 0 Å². The van der Waals surface area contributed by atoms with Crippen molar-refractivity contribution in [3.8, 4) is 11.5 Å². The van der Waals surface area contributed by atoms with Gasteiger partial charge in [0.2, 0.25) is 0 Å². The lowest BCUT2D eigenvalue weighted by Gasteiger charge is -2.45. The second kappa shape index (κ2) is 8.26. The molecule has 0 amide bonds. The zero-order valence-corrected chi connectivity index (χ0v) is 19.9. The lowest BCUT2D eigenvalue weighted by Crippen LogP contribution is -2.58. The highest BCUT2D eigenvalue weighted by molar-refractivity contribution is 7.25. The maximum Gasteiger partial charge on any atom is 0.328 e. The molecule has 1 N–H and O–H groups in total. The first-order valence-corrected chi connectivity index (χ1v) is 12.1. The summed E-state index contributed by atoms with van der Waals surface area (Å²) in [6.07, 6.45) is 1.43. The number of para-hydroxylation sites is 1. The summed E-state index contributed by atoms with van der Waals surface area (Å²) in [5.41, 5.74) is 1.03. The fourth-order valence-electron chi connectivity index (χ4n) is 4.76. The molecule has 176 valence electrons. The van der Waals surface area contributed by atoms with Gasteiger partial charge >= 0.3 is 5.69 Å². The van der Waals surface area contributed by atoms with Gasteiger partial charge in [-0.05, 0) is 12.1 Å². The molecule has 10 nitrogen and oxygen atoms in total. The number of H-pyrrole nitrogens is 1. The van der Waals surface area contributed by atoms with E-state index >= 15 is 0 Å². The first kappa shape index (κ1) is 21.4. The lowest BCUT2D eigenvalue weighted by molar-refractivity contribution is 0.161. The molecule has 1 fully saturated rings. The third-order valence-electron chi connectivity index (χ3n) is 6.40. The van der Waals surface area contributed by atoms with Crippen LogP contribution in [-0.4, -0.2) is 70.4 Å². The summed E-state index contributed by atoms with van der Waals surface area (Å²) in [5.74, 6) is 1.64. The molecule has 3 aromatic heterocycles. The van der Waals surface area contributed by atoms with Gasteiger partial charge in [-0.1, -0.05) is 17.7 Å². The SMILES string of the molecule is COc1cccc2c1N1CCN(CCn3c(=O)[nH]c4c(sc5ncc(Cl)nc54)c3=O)CC1CO2. The number of benzene rings is 1. The smallest absolute Gasteiger partial charge is 0.328 e. The Bertz CT molecular complexity index is 1520. The molecule has 0 saturated carbocycles. The molecule has 5 heterocycles. The summed E-state index contributed by atoms with van der Waals surface area (Å²) in [6.45, 7) is 3.81. The zero-order valence-electron chi connectivity index (χ0n) is 18.3. The van der Waals surface area contributed by atoms with Gasteiger partial charge in [0.25, 0.3) is 5.56 Å². The maximum absolute atomic E-state index is 13.1. The normalized spacial score (nSPS) is 18.1. The van der Waals surface area contributed by atoms with Crippen molar-refractivity contribution in [3.63, 3.8) is 0 Å². The number of thiophene rings is 1. The Balaban J connectivity index is 1.22. The molecule has 0 spiro atoms. The minimum Gasteiger partial charge on any atom is -0.494 e. The summed E-state index contributed by atoms with van der Waals surface area (Å²) in [6, 6.07) is 6.00. The first-order valence-electron chi connectivity index (χ1n) is 10.9. The highest BCUT2D eigenvalue weighted by Crippen LogP contribution is 2.42. The van der Waals surface area contributed by atoms with E-state index in [1.807, 2.05) is 18.2 Å². The molecule has 0 radical (unpaired) electrons. The maximum atomic E-state index is 13.1. The number of aromatic nitrogens is 4. The van der Waals surface area contributed by atoms with E-state index in [1.54, 1.807) is 7.11 Å². The van der Waals surface area contributed by atoms with Gasteiger partial charge in [-0.25, -0.2) is 14.8 Å². The molecule has 6 rings (SSSR count). The van der Waals surface area contributed by atoms with Crippen molar-refractivity contribution in [1.29, 1.82) is 0 Å². The molecule has 34 heavy (non-hydrogen) atoms. The number of hydrogen-bond donors (Lipinski definition) is 1. The number of anilines is 1. The molecule has 1 atom stereocenters. The predicted molar refractivity (Wildman–Crippen MR) is 131 cm³/mol. The average molecular weight is 501 g/mol. The fourth-order valence-corrected chi connectivity index (χ4v) is 5.89. The van der Waals surface area contributed by atoms with Crippen LogP contribution in [0.1, 0.15) is 0 Å². The van der Waals surface area contributed by atoms with Gasteiger partial charge in [-0.2, -0.15) is 0 Å². The Morgan fingerprint density at radius 1 is 1.29 bits per heavy atom. The third-order valence-corrected chi connectivity index (χ3v) is 7.65. The van der Waals surface area contributed by atoms with Gasteiger partial charge in [0, 0.05) is 32.7 Å². The molecule has 4 aromatic rings. The number of fused-ring (bicyclic) bond motifs is 6. The van der Waals surface area contributed by atoms with Crippen molar-refractivity contribution >= 4 is 49.2 Å². The van der Waals surface area contributed by atoms with Crippen LogP contribution in [0.5, 0.6) is 11.5 Å².